The Labute approximate surface area is 793 Å². The van der Waals surface area contributed by atoms with Gasteiger partial charge in [-0.3, -0.25) is 76.5 Å². The Morgan fingerprint density at radius 3 is 1.72 bits per heavy atom. The van der Waals surface area contributed by atoms with Crippen LogP contribution in [0.15, 0.2) is 119 Å². The smallest absolute Gasteiger partial charge is 0.407 e. The summed E-state index contributed by atoms with van der Waals surface area (Å²) in [5.41, 5.74) is 7.26. The number of aliphatic carboxylic acids is 5. The van der Waals surface area contributed by atoms with E-state index in [1.54, 1.807) is 37.3 Å². The Bertz CT molecular complexity index is 5090. The van der Waals surface area contributed by atoms with Crippen molar-refractivity contribution >= 4 is 127 Å². The van der Waals surface area contributed by atoms with Crippen molar-refractivity contribution in [2.75, 3.05) is 71.2 Å². The van der Waals surface area contributed by atoms with Gasteiger partial charge in [-0.15, -0.1) is 0 Å². The molecule has 0 aliphatic carbocycles. The zero-order valence-electron chi connectivity index (χ0n) is 79.5. The molecule has 8 atom stereocenters. The number of oxime groups is 1. The molecule has 3 heterocycles. The van der Waals surface area contributed by atoms with Gasteiger partial charge in [0.15, 0.2) is 28.8 Å². The molecule has 37 nitrogen and oxygen atoms in total. The summed E-state index contributed by atoms with van der Waals surface area (Å²) in [5.74, 6) is -19.6. The van der Waals surface area contributed by atoms with Crippen molar-refractivity contribution < 1.29 is 139 Å². The van der Waals surface area contributed by atoms with Gasteiger partial charge < -0.3 is 81.0 Å². The number of methoxy groups -OCH3 is 1. The lowest BCUT2D eigenvalue weighted by Crippen LogP contribution is -2.51. The summed E-state index contributed by atoms with van der Waals surface area (Å²) in [4.78, 5) is 222. The quantitative estimate of drug-likeness (QED) is 0.00625. The van der Waals surface area contributed by atoms with Crippen LogP contribution in [0.4, 0.5) is 16.2 Å². The van der Waals surface area contributed by atoms with Crippen molar-refractivity contribution in [1.82, 2.24) is 31.5 Å². The number of aryl methyl sites for hydroxylation is 1. The number of ketones is 5. The SMILES string of the molecule is CC[N+]1=C(/C=C/C=C/C=C/C=C2/N(CCCCCC(=O)C[C@H](CCC(=O)O)C(=O)N[C@H](CCC(=O)O)C(=O)C[C@H](CCC(=O)O)C(=O)N[C@H](CCC(=O)O)C(=O)C[C@H](CCC(=O)O)C(=O)N[C@@H](Cc3ccc(/C(C)=N/OCCNC(=O)OCCOC)cc3)C(=O)CCCOCC(=O)N3CCC[C@H]3C(=O)N[C@@H](CC(C)C)C(C)=O)c3ccc(S(=O)(=O)O)cc3C2(C)C)C(C)(C)c2cc(C)ccc21. The number of alkyl carbamates (subject to hydrolysis) is 1. The molecule has 1 fully saturated rings. The van der Waals surface area contributed by atoms with Gasteiger partial charge >= 0.3 is 35.9 Å². The first-order chi connectivity index (χ1) is 64.3. The van der Waals surface area contributed by atoms with E-state index in [2.05, 4.69) is 88.3 Å². The number of carbonyl (C=O) groups is 16. The second-order valence-electron chi connectivity index (χ2n) is 35.9. The third-order valence-electron chi connectivity index (χ3n) is 24.1. The number of hydrogen-bond acceptors (Lipinski definition) is 24. The Balaban J connectivity index is 1.16. The van der Waals surface area contributed by atoms with E-state index in [1.165, 1.54) is 47.9 Å². The van der Waals surface area contributed by atoms with E-state index < -0.39 is 242 Å². The minimum absolute atomic E-state index is 0.0272. The highest BCUT2D eigenvalue weighted by molar-refractivity contribution is 7.85. The average molecular weight is 1920 g/mol. The molecule has 0 unspecified atom stereocenters. The van der Waals surface area contributed by atoms with Gasteiger partial charge in [-0.1, -0.05) is 106 Å². The van der Waals surface area contributed by atoms with Crippen molar-refractivity contribution in [2.24, 2.45) is 28.8 Å². The number of allylic oxidation sites excluding steroid dienone is 8. The van der Waals surface area contributed by atoms with Crippen LogP contribution in [-0.2, 0) is 118 Å². The van der Waals surface area contributed by atoms with Crippen LogP contribution in [0.3, 0.4) is 0 Å². The summed E-state index contributed by atoms with van der Waals surface area (Å²) in [5, 5.41) is 66.3. The molecule has 0 aromatic heterocycles. The second-order valence-corrected chi connectivity index (χ2v) is 37.3. The summed E-state index contributed by atoms with van der Waals surface area (Å²) in [6.07, 6.45) is 5.40. The van der Waals surface area contributed by atoms with E-state index in [1.807, 2.05) is 69.1 Å². The third-order valence-corrected chi connectivity index (χ3v) is 25.0. The number of carboxylic acid groups (broad SMARTS) is 5. The molecule has 1 saturated heterocycles. The molecule has 6 rings (SSSR count). The van der Waals surface area contributed by atoms with Gasteiger partial charge in [-0.2, -0.15) is 13.0 Å². The van der Waals surface area contributed by atoms with Crippen LogP contribution in [0.5, 0.6) is 0 Å². The fourth-order valence-corrected chi connectivity index (χ4v) is 17.2. The number of fused-ring (bicyclic) bond motifs is 2. The normalized spacial score (nSPS) is 16.4. The van der Waals surface area contributed by atoms with Crippen LogP contribution in [0.2, 0.25) is 0 Å². The zero-order chi connectivity index (χ0) is 101. The van der Waals surface area contributed by atoms with Gasteiger partial charge in [-0.05, 0) is 172 Å². The number of rotatable bonds is 63. The number of benzene rings is 3. The molecule has 0 bridgehead atoms. The van der Waals surface area contributed by atoms with Crippen LogP contribution in [0, 0.1) is 30.6 Å². The molecule has 136 heavy (non-hydrogen) atoms. The number of carboxylic acids is 5. The number of Topliss-reactive ketones (excluding diaryl/α,β-unsaturated/α-hetero) is 5. The lowest BCUT2D eigenvalue weighted by Gasteiger charge is -2.27. The maximum absolute atomic E-state index is 14.8. The lowest BCUT2D eigenvalue weighted by atomic mass is 9.81. The highest BCUT2D eigenvalue weighted by atomic mass is 32.2. The number of unbranched alkanes of at least 4 members (excludes halogenated alkanes) is 2. The number of hydrogen-bond donors (Lipinski definition) is 11. The van der Waals surface area contributed by atoms with E-state index in [-0.39, 0.29) is 93.6 Å². The zero-order valence-corrected chi connectivity index (χ0v) is 80.3. The molecule has 744 valence electrons. The van der Waals surface area contributed by atoms with Crippen molar-refractivity contribution in [3.8, 4) is 0 Å². The standard InChI is InChI=1S/C98H133N9O28S/c1-12-105-78-39-28-62(4)54-72(78)97(7,8)84(105)26-18-14-13-15-19-27-85-98(9,10)73-59-71(136(129,130)131)36-40-79(73)106(85)47-20-16-17-23-70(109)56-67(33-41-87(114)115)92(124)100-74(37-44-90(120)121)82(111)57-68(34-42-88(116)117)93(125)101-75(38-45-91(122)123)83(112)58-69(35-43-89(118)119)94(126)103-77(55-65-29-31-66(32-30-65)63(5)104-135-50-46-99-96(128)134-52-51-132-11)81(110)25-22-49-133-60-86(113)107-48-21-24-80(107)95(127)102-76(64(6)108)53-61(2)3/h13-15,18-19,26-32,36,39-40,54,59,61,67-69,74-77,80H,12,16-17,20-25,33-35,37-38,41-53,55-58,60H2,1-11H3,(H10-,99,100,101,102,103,114,115,116,117,118,119,120,121,122,123,124,125,126,127,128,129,130,131)/p+1/b104-63+/t67-,68-,69-,74+,75+,76-,77-,80-/m0/s1. The minimum atomic E-state index is -4.59. The lowest BCUT2D eigenvalue weighted by molar-refractivity contribution is -0.433. The van der Waals surface area contributed by atoms with Crippen LogP contribution in [0.1, 0.15) is 231 Å². The monoisotopic (exact) mass is 1920 g/mol. The van der Waals surface area contributed by atoms with Crippen molar-refractivity contribution in [3.05, 3.63) is 137 Å². The van der Waals surface area contributed by atoms with E-state index in [0.717, 1.165) is 18.0 Å². The number of nitrogens with zero attached hydrogens (tertiary/aromatic N) is 4. The van der Waals surface area contributed by atoms with Crippen LogP contribution in [-0.4, -0.2) is 250 Å². The summed E-state index contributed by atoms with van der Waals surface area (Å²) >= 11 is 0. The van der Waals surface area contributed by atoms with Crippen LogP contribution < -0.4 is 31.5 Å². The highest BCUT2D eigenvalue weighted by Gasteiger charge is 2.45. The fraction of sp³-hybridized carbons (Fsp3) is 0.551. The number of carbonyl (C=O) groups excluding carboxylic acids is 11. The number of anilines is 1. The first kappa shape index (κ1) is 112. The van der Waals surface area contributed by atoms with Crippen molar-refractivity contribution in [2.45, 2.75) is 263 Å². The fourth-order valence-electron chi connectivity index (χ4n) is 16.7. The molecule has 0 radical (unpaired) electrons. The number of ether oxygens (including phenoxy) is 3. The summed E-state index contributed by atoms with van der Waals surface area (Å²) < 4.78 is 52.8. The van der Waals surface area contributed by atoms with E-state index in [0.29, 0.717) is 66.7 Å². The van der Waals surface area contributed by atoms with Crippen molar-refractivity contribution in [1.29, 1.82) is 0 Å². The van der Waals surface area contributed by atoms with E-state index >= 15 is 0 Å². The summed E-state index contributed by atoms with van der Waals surface area (Å²) in [6.45, 7) is 20.2. The van der Waals surface area contributed by atoms with Crippen LogP contribution >= 0.6 is 0 Å². The Morgan fingerprint density at radius 1 is 0.596 bits per heavy atom. The summed E-state index contributed by atoms with van der Waals surface area (Å²) in [7, 11) is -3.14. The number of likely N-dealkylation sites (tertiary alicyclic amines) is 1. The maximum Gasteiger partial charge on any atom is 0.407 e. The molecule has 11 N–H and O–H groups in total. The Hall–Kier alpha value is -12.3. The van der Waals surface area contributed by atoms with Gasteiger partial charge in [0.25, 0.3) is 10.1 Å². The Kier molecular flexibility index (Phi) is 45.5. The van der Waals surface area contributed by atoms with Crippen LogP contribution in [0.25, 0.3) is 0 Å². The molecule has 0 spiro atoms. The molecule has 0 saturated carbocycles. The second kappa shape index (κ2) is 55.1. The largest absolute Gasteiger partial charge is 0.481 e. The molecular formula is C98H134N9O28S+. The average Bonchev–Trinajstić information content (AvgIpc) is 1.60. The molecule has 3 aromatic carbocycles. The molecule has 3 aromatic rings. The molecule has 6 amide bonds. The molecule has 3 aliphatic heterocycles. The van der Waals surface area contributed by atoms with Gasteiger partial charge in [0.05, 0.1) is 53.3 Å². The van der Waals surface area contributed by atoms with E-state index in [4.69, 9.17) is 19.0 Å². The van der Waals surface area contributed by atoms with Gasteiger partial charge in [-0.25, -0.2) is 4.79 Å². The van der Waals surface area contributed by atoms with Crippen molar-refractivity contribution in [3.63, 3.8) is 0 Å². The van der Waals surface area contributed by atoms with Gasteiger partial charge in [0.1, 0.15) is 38.2 Å². The minimum Gasteiger partial charge on any atom is -0.481 e. The first-order valence-electron chi connectivity index (χ1n) is 46.1. The maximum atomic E-state index is 14.8. The number of amides is 6. The number of nitrogens with one attached hydrogen (secondary N) is 5. The predicted octanol–water partition coefficient (Wildman–Crippen LogP) is 9.89. The Morgan fingerprint density at radius 2 is 1.16 bits per heavy atom. The van der Waals surface area contributed by atoms with E-state index in [9.17, 15) is 115 Å². The van der Waals surface area contributed by atoms with Gasteiger partial charge in [0, 0.05) is 143 Å². The highest BCUT2D eigenvalue weighted by Crippen LogP contribution is 2.49. The third kappa shape index (κ3) is 36.1. The van der Waals surface area contributed by atoms with Gasteiger partial charge in [0.2, 0.25) is 35.2 Å². The molecular weight excluding hydrogens is 1780 g/mol. The molecule has 38 heteroatoms. The summed E-state index contributed by atoms with van der Waals surface area (Å²) in [6, 6.07) is 10.7. The topological polar surface area (TPSA) is 548 Å². The molecule has 3 aliphatic rings. The predicted molar refractivity (Wildman–Crippen MR) is 501 cm³/mol. The first-order valence-corrected chi connectivity index (χ1v) is 47.5.